The molecular formula is C20H25N3O6. The van der Waals surface area contributed by atoms with Crippen molar-refractivity contribution in [3.8, 4) is 5.75 Å². The summed E-state index contributed by atoms with van der Waals surface area (Å²) in [7, 11) is 0. The van der Waals surface area contributed by atoms with Gasteiger partial charge in [0.25, 0.3) is 11.8 Å². The molecule has 9 heteroatoms. The van der Waals surface area contributed by atoms with E-state index >= 15 is 0 Å². The van der Waals surface area contributed by atoms with Crippen LogP contribution >= 0.6 is 0 Å². The fourth-order valence-corrected chi connectivity index (χ4v) is 3.64. The first-order valence-electron chi connectivity index (χ1n) is 9.67. The van der Waals surface area contributed by atoms with Crippen molar-refractivity contribution in [1.29, 1.82) is 0 Å². The van der Waals surface area contributed by atoms with Gasteiger partial charge in [-0.1, -0.05) is 24.4 Å². The minimum atomic E-state index is -1.56. The van der Waals surface area contributed by atoms with E-state index in [1.165, 1.54) is 0 Å². The average molecular weight is 403 g/mol. The van der Waals surface area contributed by atoms with Crippen LogP contribution in [0.3, 0.4) is 0 Å². The fraction of sp³-hybridized carbons (Fsp3) is 0.500. The van der Waals surface area contributed by atoms with Gasteiger partial charge in [0.05, 0.1) is 12.1 Å². The Morgan fingerprint density at radius 2 is 1.90 bits per heavy atom. The quantitative estimate of drug-likeness (QED) is 0.598. The molecule has 1 heterocycles. The Hall–Kier alpha value is -3.10. The lowest BCUT2D eigenvalue weighted by molar-refractivity contribution is -0.156. The van der Waals surface area contributed by atoms with Crippen LogP contribution < -0.4 is 15.8 Å². The predicted octanol–water partition coefficient (Wildman–Crippen LogP) is 1.34. The van der Waals surface area contributed by atoms with E-state index in [9.17, 15) is 19.5 Å². The van der Waals surface area contributed by atoms with Crippen molar-refractivity contribution >= 4 is 23.5 Å². The molecule has 156 valence electrons. The van der Waals surface area contributed by atoms with Gasteiger partial charge in [-0.3, -0.25) is 14.4 Å². The normalized spacial score (nSPS) is 21.7. The zero-order chi connectivity index (χ0) is 20.9. The molecule has 0 spiro atoms. The number of aliphatic carboxylic acids is 1. The first kappa shape index (κ1) is 20.6. The van der Waals surface area contributed by atoms with Gasteiger partial charge in [-0.2, -0.15) is 0 Å². The summed E-state index contributed by atoms with van der Waals surface area (Å²) < 4.78 is 5.21. The third-order valence-electron chi connectivity index (χ3n) is 5.14. The molecule has 1 unspecified atom stereocenters. The van der Waals surface area contributed by atoms with Crippen LogP contribution in [0.4, 0.5) is 0 Å². The standard InChI is InChI=1S/C20H25N3O6/c21-17(24)12-28-15-8-6-13(7-9-15)16-10-20(29-23-16,11-18(25)26)19(27)22-14-4-2-1-3-5-14/h6-9,14H,1-5,10-12H2,(H2,21,24)(H,22,27)(H,25,26). The molecule has 1 saturated carbocycles. The number of hydrogen-bond acceptors (Lipinski definition) is 6. The first-order chi connectivity index (χ1) is 13.9. The number of carboxylic acid groups (broad SMARTS) is 1. The van der Waals surface area contributed by atoms with Crippen molar-refractivity contribution < 1.29 is 29.1 Å². The highest BCUT2D eigenvalue weighted by molar-refractivity contribution is 6.06. The number of nitrogens with zero attached hydrogens (tertiary/aromatic N) is 1. The molecule has 1 aromatic rings. The van der Waals surface area contributed by atoms with Gasteiger partial charge >= 0.3 is 5.97 Å². The van der Waals surface area contributed by atoms with E-state index in [1.807, 2.05) is 0 Å². The maximum Gasteiger partial charge on any atom is 0.308 e. The molecule has 1 aromatic carbocycles. The molecule has 1 aliphatic heterocycles. The number of rotatable bonds is 8. The summed E-state index contributed by atoms with van der Waals surface area (Å²) in [6, 6.07) is 6.72. The van der Waals surface area contributed by atoms with Gasteiger partial charge in [0.2, 0.25) is 5.60 Å². The van der Waals surface area contributed by atoms with Gasteiger partial charge in [-0.25, -0.2) is 0 Å². The Balaban J connectivity index is 1.69. The smallest absolute Gasteiger partial charge is 0.308 e. The number of benzene rings is 1. The molecule has 0 bridgehead atoms. The first-order valence-corrected chi connectivity index (χ1v) is 9.67. The molecule has 0 aromatic heterocycles. The molecular weight excluding hydrogens is 378 g/mol. The minimum absolute atomic E-state index is 0.0382. The summed E-state index contributed by atoms with van der Waals surface area (Å²) in [6.07, 6.45) is 4.59. The third kappa shape index (κ3) is 5.24. The van der Waals surface area contributed by atoms with E-state index in [-0.39, 0.29) is 19.1 Å². The molecule has 0 radical (unpaired) electrons. The molecule has 3 rings (SSSR count). The van der Waals surface area contributed by atoms with E-state index < -0.39 is 29.8 Å². The number of carbonyl (C=O) groups is 3. The Morgan fingerprint density at radius 1 is 1.21 bits per heavy atom. The van der Waals surface area contributed by atoms with Gasteiger partial charge in [0, 0.05) is 12.5 Å². The fourth-order valence-electron chi connectivity index (χ4n) is 3.64. The molecule has 1 atom stereocenters. The SMILES string of the molecule is NC(=O)COc1ccc(C2=NOC(CC(=O)O)(C(=O)NC3CCCCC3)C2)cc1. The second-order valence-corrected chi connectivity index (χ2v) is 7.46. The van der Waals surface area contributed by atoms with E-state index in [4.69, 9.17) is 15.3 Å². The molecule has 1 fully saturated rings. The second-order valence-electron chi connectivity index (χ2n) is 7.46. The van der Waals surface area contributed by atoms with Crippen LogP contribution in [0, 0.1) is 0 Å². The van der Waals surface area contributed by atoms with Gasteiger partial charge in [-0.05, 0) is 42.7 Å². The van der Waals surface area contributed by atoms with Crippen LogP contribution in [0.5, 0.6) is 5.75 Å². The van der Waals surface area contributed by atoms with Crippen LogP contribution in [-0.4, -0.2) is 46.9 Å². The summed E-state index contributed by atoms with van der Waals surface area (Å²) in [5.41, 5.74) is 4.65. The number of ether oxygens (including phenoxy) is 1. The van der Waals surface area contributed by atoms with Gasteiger partial charge in [0.15, 0.2) is 6.61 Å². The van der Waals surface area contributed by atoms with Crippen LogP contribution in [0.25, 0.3) is 0 Å². The lowest BCUT2D eigenvalue weighted by Gasteiger charge is -2.29. The van der Waals surface area contributed by atoms with Crippen LogP contribution in [0.2, 0.25) is 0 Å². The molecule has 0 saturated heterocycles. The Morgan fingerprint density at radius 3 is 2.52 bits per heavy atom. The largest absolute Gasteiger partial charge is 0.484 e. The van der Waals surface area contributed by atoms with Crippen LogP contribution in [-0.2, 0) is 19.2 Å². The second kappa shape index (κ2) is 8.93. The number of hydrogen-bond donors (Lipinski definition) is 3. The highest BCUT2D eigenvalue weighted by Gasteiger charge is 2.49. The summed E-state index contributed by atoms with van der Waals surface area (Å²) in [5, 5.41) is 16.3. The lowest BCUT2D eigenvalue weighted by atomic mass is 9.88. The predicted molar refractivity (Wildman–Crippen MR) is 103 cm³/mol. The number of amides is 2. The number of nitrogens with two attached hydrogens (primary N) is 1. The molecule has 2 amide bonds. The molecule has 4 N–H and O–H groups in total. The molecule has 29 heavy (non-hydrogen) atoms. The van der Waals surface area contributed by atoms with Crippen LogP contribution in [0.1, 0.15) is 50.5 Å². The van der Waals surface area contributed by atoms with E-state index in [0.717, 1.165) is 32.1 Å². The summed E-state index contributed by atoms with van der Waals surface area (Å²) in [4.78, 5) is 40.5. The number of primary amides is 1. The van der Waals surface area contributed by atoms with Gasteiger partial charge in [0.1, 0.15) is 5.75 Å². The van der Waals surface area contributed by atoms with E-state index in [2.05, 4.69) is 10.5 Å². The minimum Gasteiger partial charge on any atom is -0.484 e. The van der Waals surface area contributed by atoms with Crippen LogP contribution in [0.15, 0.2) is 29.4 Å². The number of carbonyl (C=O) groups excluding carboxylic acids is 2. The number of nitrogens with one attached hydrogen (secondary N) is 1. The lowest BCUT2D eigenvalue weighted by Crippen LogP contribution is -2.52. The number of oxime groups is 1. The Labute approximate surface area is 168 Å². The topological polar surface area (TPSA) is 140 Å². The summed E-state index contributed by atoms with van der Waals surface area (Å²) in [5.74, 6) is -1.69. The summed E-state index contributed by atoms with van der Waals surface area (Å²) in [6.45, 7) is -0.230. The van der Waals surface area contributed by atoms with Gasteiger partial charge in [-0.15, -0.1) is 0 Å². The highest BCUT2D eigenvalue weighted by Crippen LogP contribution is 2.32. The van der Waals surface area contributed by atoms with E-state index in [1.54, 1.807) is 24.3 Å². The van der Waals surface area contributed by atoms with Crippen molar-refractivity contribution in [3.63, 3.8) is 0 Å². The van der Waals surface area contributed by atoms with Crippen molar-refractivity contribution in [2.24, 2.45) is 10.9 Å². The molecule has 9 nitrogen and oxygen atoms in total. The van der Waals surface area contributed by atoms with Crippen molar-refractivity contribution in [3.05, 3.63) is 29.8 Å². The maximum atomic E-state index is 12.9. The van der Waals surface area contributed by atoms with Crippen molar-refractivity contribution in [1.82, 2.24) is 5.32 Å². The third-order valence-corrected chi connectivity index (χ3v) is 5.14. The average Bonchev–Trinajstić information content (AvgIpc) is 3.12. The Bertz CT molecular complexity index is 801. The zero-order valence-electron chi connectivity index (χ0n) is 16.1. The van der Waals surface area contributed by atoms with Crippen molar-refractivity contribution in [2.75, 3.05) is 6.61 Å². The number of carboxylic acids is 1. The molecule has 1 aliphatic carbocycles. The maximum absolute atomic E-state index is 12.9. The van der Waals surface area contributed by atoms with Gasteiger partial charge < -0.3 is 25.7 Å². The van der Waals surface area contributed by atoms with Crippen molar-refractivity contribution in [2.45, 2.75) is 56.6 Å². The highest BCUT2D eigenvalue weighted by atomic mass is 16.7. The van der Waals surface area contributed by atoms with E-state index in [0.29, 0.717) is 17.0 Å². The zero-order valence-corrected chi connectivity index (χ0v) is 16.1. The monoisotopic (exact) mass is 403 g/mol. The molecule has 2 aliphatic rings. The summed E-state index contributed by atoms with van der Waals surface area (Å²) >= 11 is 0. The Kier molecular flexibility index (Phi) is 6.36.